The number of hydrogen-bond donors (Lipinski definition) is 1. The van der Waals surface area contributed by atoms with E-state index in [0.717, 1.165) is 5.57 Å². The Morgan fingerprint density at radius 2 is 1.79 bits per heavy atom. The number of allylic oxidation sites excluding steroid dienone is 2. The van der Waals surface area contributed by atoms with Gasteiger partial charge in [0.2, 0.25) is 0 Å². The molecule has 2 rings (SSSR count). The molecule has 1 fully saturated rings. The summed E-state index contributed by atoms with van der Waals surface area (Å²) >= 11 is 1.21. The van der Waals surface area contributed by atoms with Gasteiger partial charge < -0.3 is 10.0 Å². The van der Waals surface area contributed by atoms with Crippen molar-refractivity contribution in [1.82, 2.24) is 9.88 Å². The van der Waals surface area contributed by atoms with Crippen LogP contribution in [0.1, 0.15) is 51.3 Å². The zero-order chi connectivity index (χ0) is 25.6. The minimum atomic E-state index is -0.998. The average molecular weight is 482 g/mol. The quantitative estimate of drug-likeness (QED) is 0.417. The van der Waals surface area contributed by atoms with Gasteiger partial charge in [0.05, 0.1) is 16.4 Å². The van der Waals surface area contributed by atoms with E-state index in [0.29, 0.717) is 60.1 Å². The molecule has 0 amide bonds. The van der Waals surface area contributed by atoms with Crippen molar-refractivity contribution < 1.29 is 14.7 Å². The van der Waals surface area contributed by atoms with E-state index in [1.54, 1.807) is 26.0 Å². The molecule has 0 spiro atoms. The van der Waals surface area contributed by atoms with Crippen LogP contribution in [-0.2, 0) is 16.0 Å². The van der Waals surface area contributed by atoms with Gasteiger partial charge in [-0.3, -0.25) is 14.5 Å². The highest BCUT2D eigenvalue weighted by atomic mass is 32.2. The van der Waals surface area contributed by atoms with Crippen LogP contribution in [0.25, 0.3) is 0 Å². The van der Waals surface area contributed by atoms with Crippen LogP contribution in [-0.4, -0.2) is 63.7 Å². The summed E-state index contributed by atoms with van der Waals surface area (Å²) < 4.78 is 0. The van der Waals surface area contributed by atoms with Crippen LogP contribution in [0.5, 0.6) is 0 Å². The number of ketones is 1. The molecule has 0 aliphatic carbocycles. The van der Waals surface area contributed by atoms with Gasteiger partial charge in [0, 0.05) is 26.2 Å². The van der Waals surface area contributed by atoms with E-state index < -0.39 is 16.8 Å². The van der Waals surface area contributed by atoms with Crippen molar-refractivity contribution in [3.05, 3.63) is 41.0 Å². The summed E-state index contributed by atoms with van der Waals surface area (Å²) in [5.41, 5.74) is 1.08. The minimum Gasteiger partial charge on any atom is -0.480 e. The molecule has 1 aliphatic heterocycles. The molecule has 0 radical (unpaired) electrons. The fourth-order valence-electron chi connectivity index (χ4n) is 3.99. The predicted octanol–water partition coefficient (Wildman–Crippen LogP) is 3.55. The first-order valence-corrected chi connectivity index (χ1v) is 12.0. The Labute approximate surface area is 205 Å². The first kappa shape index (κ1) is 27.1. The number of nitrogens with zero attached hydrogens (tertiary/aromatic N) is 5. The number of nitriles is 2. The maximum Gasteiger partial charge on any atom is 0.323 e. The van der Waals surface area contributed by atoms with Crippen molar-refractivity contribution in [2.45, 2.75) is 56.9 Å². The molecule has 0 bridgehead atoms. The van der Waals surface area contributed by atoms with Gasteiger partial charge in [-0.1, -0.05) is 43.0 Å². The molecule has 1 unspecified atom stereocenters. The minimum absolute atomic E-state index is 0.0697. The highest BCUT2D eigenvalue weighted by Crippen LogP contribution is 2.36. The maximum atomic E-state index is 12.4. The second-order valence-corrected chi connectivity index (χ2v) is 9.73. The third-order valence-corrected chi connectivity index (χ3v) is 7.57. The largest absolute Gasteiger partial charge is 0.480 e. The Kier molecular flexibility index (Phi) is 9.03. The number of anilines is 1. The number of aromatic nitrogens is 1. The third kappa shape index (κ3) is 5.49. The van der Waals surface area contributed by atoms with Crippen LogP contribution in [0, 0.1) is 22.7 Å². The first-order chi connectivity index (χ1) is 16.0. The van der Waals surface area contributed by atoms with Gasteiger partial charge in [0.15, 0.2) is 0 Å². The van der Waals surface area contributed by atoms with Gasteiger partial charge in [0.25, 0.3) is 0 Å². The van der Waals surface area contributed by atoms with Gasteiger partial charge in [-0.15, -0.1) is 0 Å². The van der Waals surface area contributed by atoms with Crippen LogP contribution in [0.4, 0.5) is 5.82 Å². The third-order valence-electron chi connectivity index (χ3n) is 6.11. The molecular weight excluding hydrogens is 450 g/mol. The average Bonchev–Trinajstić information content (AvgIpc) is 2.81. The summed E-state index contributed by atoms with van der Waals surface area (Å²) in [4.78, 5) is 32.6. The predicted molar refractivity (Wildman–Crippen MR) is 133 cm³/mol. The molecular formula is C25H31N5O3S. The highest BCUT2D eigenvalue weighted by molar-refractivity contribution is 8.00. The zero-order valence-electron chi connectivity index (χ0n) is 20.4. The Balaban J connectivity index is 2.54. The van der Waals surface area contributed by atoms with Gasteiger partial charge in [-0.25, -0.2) is 4.98 Å². The number of piperazine rings is 1. The van der Waals surface area contributed by atoms with E-state index in [2.05, 4.69) is 18.7 Å². The molecule has 1 saturated heterocycles. The summed E-state index contributed by atoms with van der Waals surface area (Å²) in [5.74, 6) is -0.485. The number of hydrogen-bond acceptors (Lipinski definition) is 8. The number of thioether (sulfide) groups is 1. The number of pyridine rings is 1. The molecule has 1 aromatic rings. The zero-order valence-corrected chi connectivity index (χ0v) is 21.2. The van der Waals surface area contributed by atoms with E-state index in [9.17, 15) is 25.2 Å². The molecule has 2 heterocycles. The second kappa shape index (κ2) is 11.3. The summed E-state index contributed by atoms with van der Waals surface area (Å²) in [7, 11) is 0. The molecule has 0 saturated carbocycles. The van der Waals surface area contributed by atoms with Crippen LogP contribution in [0.3, 0.4) is 0 Å². The normalized spacial score (nSPS) is 15.9. The van der Waals surface area contributed by atoms with E-state index in [4.69, 9.17) is 4.98 Å². The molecule has 180 valence electrons. The van der Waals surface area contributed by atoms with Crippen molar-refractivity contribution in [3.63, 3.8) is 0 Å². The van der Waals surface area contributed by atoms with Crippen molar-refractivity contribution >= 4 is 29.3 Å². The summed E-state index contributed by atoms with van der Waals surface area (Å²) in [6.07, 6.45) is 3.84. The van der Waals surface area contributed by atoms with Crippen molar-refractivity contribution in [1.29, 1.82) is 10.5 Å². The number of Topliss-reactive ketones (excluding diaryl/α,β-unsaturated/α-hetero) is 1. The van der Waals surface area contributed by atoms with Gasteiger partial charge in [-0.2, -0.15) is 10.5 Å². The first-order valence-electron chi connectivity index (χ1n) is 11.1. The Bertz CT molecular complexity index is 1090. The van der Waals surface area contributed by atoms with Crippen LogP contribution >= 0.6 is 11.8 Å². The molecule has 9 heteroatoms. The van der Waals surface area contributed by atoms with Gasteiger partial charge in [0.1, 0.15) is 34.3 Å². The lowest BCUT2D eigenvalue weighted by Gasteiger charge is -2.42. The fraction of sp³-hybridized carbons (Fsp3) is 0.480. The monoisotopic (exact) mass is 481 g/mol. The van der Waals surface area contributed by atoms with Crippen LogP contribution < -0.4 is 4.90 Å². The summed E-state index contributed by atoms with van der Waals surface area (Å²) in [5, 5.41) is 29.3. The lowest BCUT2D eigenvalue weighted by atomic mass is 10.0. The maximum absolute atomic E-state index is 12.4. The topological polar surface area (TPSA) is 121 Å². The second-order valence-electron chi connectivity index (χ2n) is 8.64. The van der Waals surface area contributed by atoms with Crippen molar-refractivity contribution in [3.8, 4) is 12.1 Å². The van der Waals surface area contributed by atoms with E-state index in [1.807, 2.05) is 23.6 Å². The molecule has 1 atom stereocenters. The number of aliphatic carboxylic acids is 1. The van der Waals surface area contributed by atoms with Gasteiger partial charge >= 0.3 is 5.97 Å². The summed E-state index contributed by atoms with van der Waals surface area (Å²) in [6.45, 7) is 14.2. The van der Waals surface area contributed by atoms with Crippen molar-refractivity contribution in [2.24, 2.45) is 0 Å². The lowest BCUT2D eigenvalue weighted by Crippen LogP contribution is -2.58. The van der Waals surface area contributed by atoms with E-state index in [1.165, 1.54) is 18.7 Å². The standard InChI is InChI=1S/C25H31N5O3S/c1-7-9-16(3)21(17(4)31)34-23-20(15-27)18(8-2)19(14-26)22(28-23)29-10-12-30(13-11-29)25(5,6)24(32)33/h7,9,21H,1,8,10-13H2,2-6H3,(H,32,33)/b16-9+. The van der Waals surface area contributed by atoms with Crippen molar-refractivity contribution in [2.75, 3.05) is 31.1 Å². The fourth-order valence-corrected chi connectivity index (χ4v) is 5.07. The highest BCUT2D eigenvalue weighted by Gasteiger charge is 2.37. The van der Waals surface area contributed by atoms with Crippen LogP contribution in [0.15, 0.2) is 29.3 Å². The Hall–Kier alpha value is -3.14. The number of carbonyl (C=O) groups excluding carboxylic acids is 1. The lowest BCUT2D eigenvalue weighted by molar-refractivity contribution is -0.149. The van der Waals surface area contributed by atoms with E-state index >= 15 is 0 Å². The molecule has 34 heavy (non-hydrogen) atoms. The number of carboxylic acid groups (broad SMARTS) is 1. The molecule has 1 N–H and O–H groups in total. The van der Waals surface area contributed by atoms with Gasteiger partial charge in [-0.05, 0) is 39.7 Å². The number of carboxylic acids is 1. The number of rotatable bonds is 9. The van der Waals surface area contributed by atoms with Crippen LogP contribution in [0.2, 0.25) is 0 Å². The summed E-state index contributed by atoms with van der Waals surface area (Å²) in [6, 6.07) is 4.43. The molecule has 1 aromatic heterocycles. The smallest absolute Gasteiger partial charge is 0.323 e. The Morgan fingerprint density at radius 3 is 2.24 bits per heavy atom. The Morgan fingerprint density at radius 1 is 1.21 bits per heavy atom. The molecule has 0 aromatic carbocycles. The number of carbonyl (C=O) groups is 2. The van der Waals surface area contributed by atoms with E-state index in [-0.39, 0.29) is 5.78 Å². The SMILES string of the molecule is C=C/C=C(\C)C(Sc1nc(N2CCN(C(C)(C)C(=O)O)CC2)c(C#N)c(CC)c1C#N)C(C)=O. The molecule has 8 nitrogen and oxygen atoms in total. The molecule has 1 aliphatic rings.